The van der Waals surface area contributed by atoms with Crippen LogP contribution in [-0.4, -0.2) is 32.6 Å². The molecule has 4 nitrogen and oxygen atoms in total. The lowest BCUT2D eigenvalue weighted by Gasteiger charge is -2.35. The molecule has 92 valence electrons. The van der Waals surface area contributed by atoms with Crippen molar-refractivity contribution in [3.63, 3.8) is 0 Å². The average molecular weight is 298 g/mol. The van der Waals surface area contributed by atoms with E-state index in [0.29, 0.717) is 13.1 Å². The third-order valence-corrected chi connectivity index (χ3v) is 3.47. The normalized spacial score (nSPS) is 15.1. The molecule has 17 heavy (non-hydrogen) atoms. The Hall–Kier alpha value is -1.07. The number of halogens is 1. The van der Waals surface area contributed by atoms with E-state index in [0.717, 1.165) is 28.8 Å². The van der Waals surface area contributed by atoms with E-state index in [9.17, 15) is 4.79 Å². The van der Waals surface area contributed by atoms with Gasteiger partial charge in [0.25, 0.3) is 0 Å². The van der Waals surface area contributed by atoms with Crippen LogP contribution in [0.3, 0.4) is 0 Å². The zero-order valence-electron chi connectivity index (χ0n) is 9.82. The molecule has 1 aliphatic heterocycles. The molecular weight excluding hydrogens is 282 g/mol. The zero-order valence-corrected chi connectivity index (χ0v) is 11.4. The number of nitrogens with two attached hydrogens (primary N) is 1. The highest BCUT2D eigenvalue weighted by atomic mass is 79.9. The van der Waals surface area contributed by atoms with Crippen molar-refractivity contribution in [1.82, 2.24) is 0 Å². The minimum Gasteiger partial charge on any atom is -0.360 e. The first-order valence-corrected chi connectivity index (χ1v) is 6.44. The van der Waals surface area contributed by atoms with Crippen LogP contribution in [0, 0.1) is 0 Å². The number of hydrogen-bond donors (Lipinski definition) is 1. The van der Waals surface area contributed by atoms with Crippen molar-refractivity contribution in [1.29, 1.82) is 0 Å². The molecule has 2 rings (SSSR count). The summed E-state index contributed by atoms with van der Waals surface area (Å²) in [5.74, 6) is 0.118. The van der Waals surface area contributed by atoms with Crippen molar-refractivity contribution in [2.45, 2.75) is 6.42 Å². The summed E-state index contributed by atoms with van der Waals surface area (Å²) in [7, 11) is 1.81. The molecule has 0 fully saturated rings. The molecule has 1 amide bonds. The Morgan fingerprint density at radius 2 is 2.18 bits per heavy atom. The van der Waals surface area contributed by atoms with Crippen molar-refractivity contribution in [2.75, 3.05) is 36.5 Å². The van der Waals surface area contributed by atoms with E-state index in [1.165, 1.54) is 0 Å². The first-order chi connectivity index (χ1) is 8.13. The molecule has 1 aliphatic rings. The van der Waals surface area contributed by atoms with Gasteiger partial charge in [0.15, 0.2) is 0 Å². The maximum absolute atomic E-state index is 11.9. The van der Waals surface area contributed by atoms with Crippen molar-refractivity contribution < 1.29 is 4.79 Å². The summed E-state index contributed by atoms with van der Waals surface area (Å²) in [6.07, 6.45) is 0.895. The minimum absolute atomic E-state index is 0.118. The molecule has 0 unspecified atom stereocenters. The van der Waals surface area contributed by atoms with Gasteiger partial charge >= 0.3 is 0 Å². The number of fused-ring (bicyclic) bond motifs is 1. The number of hydrogen-bond acceptors (Lipinski definition) is 3. The SMILES string of the molecule is CN1C(=O)CN(CCCN)c2ccc(Br)cc21. The van der Waals surface area contributed by atoms with Gasteiger partial charge in [-0.2, -0.15) is 0 Å². The second-order valence-electron chi connectivity index (χ2n) is 4.15. The Bertz CT molecular complexity index is 436. The molecule has 1 heterocycles. The number of anilines is 2. The van der Waals surface area contributed by atoms with Crippen molar-refractivity contribution >= 4 is 33.2 Å². The number of rotatable bonds is 3. The van der Waals surface area contributed by atoms with Crippen molar-refractivity contribution in [3.05, 3.63) is 22.7 Å². The van der Waals surface area contributed by atoms with Crippen LogP contribution in [-0.2, 0) is 4.79 Å². The summed E-state index contributed by atoms with van der Waals surface area (Å²) >= 11 is 3.43. The molecule has 0 radical (unpaired) electrons. The third kappa shape index (κ3) is 2.45. The monoisotopic (exact) mass is 297 g/mol. The van der Waals surface area contributed by atoms with Gasteiger partial charge in [-0.1, -0.05) is 15.9 Å². The molecule has 1 aromatic rings. The van der Waals surface area contributed by atoms with Gasteiger partial charge in [0.2, 0.25) is 5.91 Å². The summed E-state index contributed by atoms with van der Waals surface area (Å²) in [6.45, 7) is 1.90. The molecule has 0 bridgehead atoms. The first-order valence-electron chi connectivity index (χ1n) is 5.64. The van der Waals surface area contributed by atoms with Gasteiger partial charge in [0.1, 0.15) is 0 Å². The molecule has 1 aromatic carbocycles. The Kier molecular flexibility index (Phi) is 3.69. The molecule has 2 N–H and O–H groups in total. The number of carbonyl (C=O) groups is 1. The summed E-state index contributed by atoms with van der Waals surface area (Å²) in [6, 6.07) is 6.01. The fourth-order valence-corrected chi connectivity index (χ4v) is 2.35. The standard InChI is InChI=1S/C12H16BrN3O/c1-15-11-7-9(13)3-4-10(11)16(6-2-5-14)8-12(15)17/h3-4,7H,2,5-6,8,14H2,1H3. The van der Waals surface area contributed by atoms with E-state index in [1.807, 2.05) is 25.2 Å². The predicted molar refractivity (Wildman–Crippen MR) is 73.4 cm³/mol. The minimum atomic E-state index is 0.118. The predicted octanol–water partition coefficient (Wildman–Crippen LogP) is 1.58. The van der Waals surface area contributed by atoms with Crippen LogP contribution in [0.25, 0.3) is 0 Å². The van der Waals surface area contributed by atoms with Gasteiger partial charge in [-0.05, 0) is 31.2 Å². The number of carbonyl (C=O) groups excluding carboxylic acids is 1. The van der Waals surface area contributed by atoms with E-state index >= 15 is 0 Å². The molecular formula is C12H16BrN3O. The fourth-order valence-electron chi connectivity index (χ4n) is 2.00. The first kappa shape index (κ1) is 12.4. The number of likely N-dealkylation sites (N-methyl/N-ethyl adjacent to an activating group) is 1. The zero-order chi connectivity index (χ0) is 12.4. The molecule has 5 heteroatoms. The number of nitrogens with zero attached hydrogens (tertiary/aromatic N) is 2. The van der Waals surface area contributed by atoms with Crippen LogP contribution in [0.4, 0.5) is 11.4 Å². The molecule has 0 aliphatic carbocycles. The Labute approximate surface area is 110 Å². The van der Waals surface area contributed by atoms with Gasteiger partial charge in [-0.25, -0.2) is 0 Å². The van der Waals surface area contributed by atoms with E-state index < -0.39 is 0 Å². The summed E-state index contributed by atoms with van der Waals surface area (Å²) in [4.78, 5) is 15.7. The van der Waals surface area contributed by atoms with Crippen LogP contribution in [0.15, 0.2) is 22.7 Å². The van der Waals surface area contributed by atoms with E-state index in [-0.39, 0.29) is 5.91 Å². The number of benzene rings is 1. The largest absolute Gasteiger partial charge is 0.360 e. The maximum Gasteiger partial charge on any atom is 0.246 e. The van der Waals surface area contributed by atoms with Crippen LogP contribution in [0.2, 0.25) is 0 Å². The highest BCUT2D eigenvalue weighted by Gasteiger charge is 2.26. The van der Waals surface area contributed by atoms with E-state index in [4.69, 9.17) is 5.73 Å². The number of amides is 1. The summed E-state index contributed by atoms with van der Waals surface area (Å²) in [5.41, 5.74) is 7.57. The van der Waals surface area contributed by atoms with Gasteiger partial charge in [-0.3, -0.25) is 4.79 Å². The molecule has 0 saturated carbocycles. The second-order valence-corrected chi connectivity index (χ2v) is 5.07. The highest BCUT2D eigenvalue weighted by molar-refractivity contribution is 9.10. The lowest BCUT2D eigenvalue weighted by Crippen LogP contribution is -2.44. The molecule has 0 aromatic heterocycles. The van der Waals surface area contributed by atoms with Crippen LogP contribution in [0.5, 0.6) is 0 Å². The van der Waals surface area contributed by atoms with E-state index in [1.54, 1.807) is 4.90 Å². The fraction of sp³-hybridized carbons (Fsp3) is 0.417. The van der Waals surface area contributed by atoms with Crippen LogP contribution < -0.4 is 15.5 Å². The van der Waals surface area contributed by atoms with Gasteiger partial charge in [0, 0.05) is 18.1 Å². The van der Waals surface area contributed by atoms with E-state index in [2.05, 4.69) is 20.8 Å². The summed E-state index contributed by atoms with van der Waals surface area (Å²) in [5, 5.41) is 0. The van der Waals surface area contributed by atoms with Crippen molar-refractivity contribution in [2.24, 2.45) is 5.73 Å². The van der Waals surface area contributed by atoms with Gasteiger partial charge in [0.05, 0.1) is 17.9 Å². The topological polar surface area (TPSA) is 49.6 Å². The molecule has 0 atom stereocenters. The lowest BCUT2D eigenvalue weighted by molar-refractivity contribution is -0.117. The Balaban J connectivity index is 2.35. The smallest absolute Gasteiger partial charge is 0.246 e. The quantitative estimate of drug-likeness (QED) is 0.922. The third-order valence-electron chi connectivity index (χ3n) is 2.97. The molecule has 0 saturated heterocycles. The maximum atomic E-state index is 11.9. The van der Waals surface area contributed by atoms with Crippen LogP contribution in [0.1, 0.15) is 6.42 Å². The van der Waals surface area contributed by atoms with Gasteiger partial charge < -0.3 is 15.5 Å². The Morgan fingerprint density at radius 1 is 1.41 bits per heavy atom. The summed E-state index contributed by atoms with van der Waals surface area (Å²) < 4.78 is 0.983. The van der Waals surface area contributed by atoms with Crippen LogP contribution >= 0.6 is 15.9 Å². The highest BCUT2D eigenvalue weighted by Crippen LogP contribution is 2.34. The lowest BCUT2D eigenvalue weighted by atomic mass is 10.1. The molecule has 0 spiro atoms. The van der Waals surface area contributed by atoms with Crippen molar-refractivity contribution in [3.8, 4) is 0 Å². The second kappa shape index (κ2) is 5.06. The van der Waals surface area contributed by atoms with Gasteiger partial charge in [-0.15, -0.1) is 0 Å². The average Bonchev–Trinajstić information content (AvgIpc) is 2.32. The Morgan fingerprint density at radius 3 is 2.88 bits per heavy atom.